The van der Waals surface area contributed by atoms with E-state index in [2.05, 4.69) is 10.5 Å². The Kier molecular flexibility index (Phi) is 5.51. The van der Waals surface area contributed by atoms with Gasteiger partial charge in [0, 0.05) is 43.6 Å². The molecule has 2 heterocycles. The van der Waals surface area contributed by atoms with E-state index in [1.807, 2.05) is 24.3 Å². The number of alkyl halides is 3. The summed E-state index contributed by atoms with van der Waals surface area (Å²) in [7, 11) is 1.60. The zero-order valence-electron chi connectivity index (χ0n) is 16.9. The molecule has 0 radical (unpaired) electrons. The number of hydrogen-bond acceptors (Lipinski definition) is 4. The summed E-state index contributed by atoms with van der Waals surface area (Å²) in [4.78, 5) is 19.9. The van der Waals surface area contributed by atoms with Gasteiger partial charge in [-0.2, -0.15) is 13.2 Å². The number of methoxy groups -OCH3 is 1. The number of halogens is 3. The molecule has 2 aliphatic rings. The van der Waals surface area contributed by atoms with Crippen LogP contribution in [0.5, 0.6) is 5.75 Å². The number of benzene rings is 2. The Labute approximate surface area is 177 Å². The van der Waals surface area contributed by atoms with Crippen molar-refractivity contribution in [3.63, 3.8) is 0 Å². The summed E-state index contributed by atoms with van der Waals surface area (Å²) < 4.78 is 43.9. The summed E-state index contributed by atoms with van der Waals surface area (Å²) in [5, 5.41) is 6.82. The molecule has 164 valence electrons. The number of carbonyl (C=O) groups is 1. The number of nitrogens with one attached hydrogen (secondary N) is 1. The summed E-state index contributed by atoms with van der Waals surface area (Å²) in [5.74, 6) is 0.738. The summed E-state index contributed by atoms with van der Waals surface area (Å²) in [6.45, 7) is 0.845. The maximum Gasteiger partial charge on any atom is 0.416 e. The fourth-order valence-electron chi connectivity index (χ4n) is 3.84. The van der Waals surface area contributed by atoms with Crippen LogP contribution in [0.2, 0.25) is 0 Å². The lowest BCUT2D eigenvalue weighted by molar-refractivity contribution is -0.137. The topological polar surface area (TPSA) is 63.2 Å². The quantitative estimate of drug-likeness (QED) is 0.749. The molecule has 0 aromatic heterocycles. The smallest absolute Gasteiger partial charge is 0.416 e. The number of amides is 2. The van der Waals surface area contributed by atoms with Gasteiger partial charge in [-0.25, -0.2) is 4.79 Å². The van der Waals surface area contributed by atoms with E-state index >= 15 is 0 Å². The maximum absolute atomic E-state index is 12.9. The van der Waals surface area contributed by atoms with Crippen molar-refractivity contribution >= 4 is 17.4 Å². The average molecular weight is 433 g/mol. The molecule has 2 amide bonds. The number of hydrogen-bond donors (Lipinski definition) is 1. The lowest BCUT2D eigenvalue weighted by Gasteiger charge is -2.37. The highest BCUT2D eigenvalue weighted by molar-refractivity contribution is 6.02. The van der Waals surface area contributed by atoms with Gasteiger partial charge >= 0.3 is 12.2 Å². The minimum Gasteiger partial charge on any atom is -0.497 e. The monoisotopic (exact) mass is 433 g/mol. The normalized spacial score (nSPS) is 17.8. The van der Waals surface area contributed by atoms with Crippen molar-refractivity contribution < 1.29 is 27.5 Å². The van der Waals surface area contributed by atoms with Crippen LogP contribution in [0.25, 0.3) is 0 Å². The zero-order valence-corrected chi connectivity index (χ0v) is 16.9. The molecule has 9 heteroatoms. The van der Waals surface area contributed by atoms with Crippen molar-refractivity contribution in [2.75, 3.05) is 25.5 Å². The number of oxime groups is 1. The van der Waals surface area contributed by atoms with E-state index in [9.17, 15) is 18.0 Å². The Hall–Kier alpha value is -3.23. The maximum atomic E-state index is 12.9. The van der Waals surface area contributed by atoms with E-state index < -0.39 is 23.4 Å². The number of carbonyl (C=O) groups excluding carboxylic acids is 1. The van der Waals surface area contributed by atoms with Gasteiger partial charge in [0.05, 0.1) is 18.4 Å². The summed E-state index contributed by atoms with van der Waals surface area (Å²) in [5.41, 5.74) is 0.609. The molecule has 1 N–H and O–H groups in total. The minimum absolute atomic E-state index is 0.112. The molecule has 2 aliphatic heterocycles. The third kappa shape index (κ3) is 4.60. The number of urea groups is 1. The lowest BCUT2D eigenvalue weighted by atomic mass is 9.85. The number of nitrogens with zero attached hydrogens (tertiary/aromatic N) is 2. The highest BCUT2D eigenvalue weighted by Crippen LogP contribution is 2.37. The van der Waals surface area contributed by atoms with Crippen molar-refractivity contribution in [1.82, 2.24) is 4.90 Å². The first-order valence-corrected chi connectivity index (χ1v) is 9.91. The van der Waals surface area contributed by atoms with Crippen molar-refractivity contribution in [2.45, 2.75) is 31.0 Å². The summed E-state index contributed by atoms with van der Waals surface area (Å²) >= 11 is 0. The Morgan fingerprint density at radius 2 is 1.90 bits per heavy atom. The molecule has 31 heavy (non-hydrogen) atoms. The fourth-order valence-corrected chi connectivity index (χ4v) is 3.84. The zero-order chi connectivity index (χ0) is 22.1. The predicted molar refractivity (Wildman–Crippen MR) is 109 cm³/mol. The second-order valence-electron chi connectivity index (χ2n) is 7.72. The largest absolute Gasteiger partial charge is 0.497 e. The van der Waals surface area contributed by atoms with E-state index in [4.69, 9.17) is 9.57 Å². The number of likely N-dealkylation sites (tertiary alicyclic amines) is 1. The molecule has 0 aliphatic carbocycles. The third-order valence-electron chi connectivity index (χ3n) is 5.65. The second-order valence-corrected chi connectivity index (χ2v) is 7.72. The lowest BCUT2D eigenvalue weighted by Crippen LogP contribution is -2.48. The van der Waals surface area contributed by atoms with Gasteiger partial charge in [0.15, 0.2) is 0 Å². The molecule has 1 saturated heterocycles. The second kappa shape index (κ2) is 8.13. The van der Waals surface area contributed by atoms with E-state index in [0.717, 1.165) is 29.2 Å². The number of piperidine rings is 1. The predicted octanol–water partition coefficient (Wildman–Crippen LogP) is 4.91. The molecule has 6 nitrogen and oxygen atoms in total. The van der Waals surface area contributed by atoms with Crippen LogP contribution in [0.3, 0.4) is 0 Å². The molecule has 0 saturated carbocycles. The molecule has 2 aromatic carbocycles. The Morgan fingerprint density at radius 1 is 1.16 bits per heavy atom. The SMILES string of the molecule is COc1cccc(C2=NOC3(CCN(C(=O)Nc4cccc(C(F)(F)F)c4)CC3)C2)c1. The highest BCUT2D eigenvalue weighted by atomic mass is 19.4. The standard InChI is InChI=1S/C22H22F3N3O3/c1-30-18-7-2-4-15(12-18)19-14-21(31-27-19)8-10-28(11-9-21)20(29)26-17-6-3-5-16(13-17)22(23,24)25/h2-7,12-13H,8-11,14H2,1H3,(H,26,29). The molecule has 0 atom stereocenters. The van der Waals surface area contributed by atoms with Crippen molar-refractivity contribution in [1.29, 1.82) is 0 Å². The van der Waals surface area contributed by atoms with Crippen LogP contribution in [-0.2, 0) is 11.0 Å². The van der Waals surface area contributed by atoms with Gasteiger partial charge in [0.1, 0.15) is 11.4 Å². The van der Waals surface area contributed by atoms with Crippen LogP contribution in [0.1, 0.15) is 30.4 Å². The number of rotatable bonds is 3. The van der Waals surface area contributed by atoms with Crippen LogP contribution < -0.4 is 10.1 Å². The molecular formula is C22H22F3N3O3. The minimum atomic E-state index is -4.46. The Morgan fingerprint density at radius 3 is 2.61 bits per heavy atom. The van der Waals surface area contributed by atoms with Crippen LogP contribution in [0.4, 0.5) is 23.7 Å². The first kappa shape index (κ1) is 21.0. The molecule has 0 bridgehead atoms. The van der Waals surface area contributed by atoms with Crippen LogP contribution in [0.15, 0.2) is 53.7 Å². The first-order chi connectivity index (χ1) is 14.8. The van der Waals surface area contributed by atoms with Gasteiger partial charge in [0.2, 0.25) is 0 Å². The fraction of sp³-hybridized carbons (Fsp3) is 0.364. The van der Waals surface area contributed by atoms with Crippen LogP contribution in [0, 0.1) is 0 Å². The van der Waals surface area contributed by atoms with Gasteiger partial charge < -0.3 is 19.8 Å². The van der Waals surface area contributed by atoms with E-state index in [-0.39, 0.29) is 5.69 Å². The molecule has 1 fully saturated rings. The van der Waals surface area contributed by atoms with E-state index in [1.54, 1.807) is 12.0 Å². The molecule has 4 rings (SSSR count). The van der Waals surface area contributed by atoms with Gasteiger partial charge in [-0.3, -0.25) is 0 Å². The molecular weight excluding hydrogens is 411 g/mol. The average Bonchev–Trinajstić information content (AvgIpc) is 3.17. The molecule has 0 unspecified atom stereocenters. The molecule has 2 aromatic rings. The third-order valence-corrected chi connectivity index (χ3v) is 5.65. The van der Waals surface area contributed by atoms with Crippen LogP contribution >= 0.6 is 0 Å². The van der Waals surface area contributed by atoms with Gasteiger partial charge in [-0.15, -0.1) is 0 Å². The van der Waals surface area contributed by atoms with Crippen molar-refractivity contribution in [3.05, 3.63) is 59.7 Å². The number of ether oxygens (including phenoxy) is 1. The van der Waals surface area contributed by atoms with Gasteiger partial charge in [0.25, 0.3) is 0 Å². The Balaban J connectivity index is 1.34. The summed E-state index contributed by atoms with van der Waals surface area (Å²) in [6, 6.07) is 11.8. The van der Waals surface area contributed by atoms with Gasteiger partial charge in [-0.1, -0.05) is 23.4 Å². The first-order valence-electron chi connectivity index (χ1n) is 9.91. The van der Waals surface area contributed by atoms with Crippen LogP contribution in [-0.4, -0.2) is 42.4 Å². The van der Waals surface area contributed by atoms with Gasteiger partial charge in [-0.05, 0) is 30.3 Å². The number of anilines is 1. The molecule has 1 spiro atoms. The Bertz CT molecular complexity index is 999. The van der Waals surface area contributed by atoms with Crippen molar-refractivity contribution in [3.8, 4) is 5.75 Å². The van der Waals surface area contributed by atoms with E-state index in [1.165, 1.54) is 12.1 Å². The highest BCUT2D eigenvalue weighted by Gasteiger charge is 2.43. The van der Waals surface area contributed by atoms with E-state index in [0.29, 0.717) is 32.4 Å². The van der Waals surface area contributed by atoms with Crippen molar-refractivity contribution in [2.24, 2.45) is 5.16 Å². The summed E-state index contributed by atoms with van der Waals surface area (Å²) in [6.07, 6.45) is -2.66.